The van der Waals surface area contributed by atoms with Crippen LogP contribution in [0.15, 0.2) is 61.4 Å². The number of aryl methyl sites for hydroxylation is 2. The van der Waals surface area contributed by atoms with Crippen LogP contribution in [0.25, 0.3) is 27.8 Å². The number of methoxy groups -OCH3 is 2. The normalized spacial score (nSPS) is 11.0. The first kappa shape index (κ1) is 27.2. The number of carbonyl (C=O) groups excluding carboxylic acids is 1. The third-order valence-corrected chi connectivity index (χ3v) is 7.21. The van der Waals surface area contributed by atoms with Crippen molar-refractivity contribution < 1.29 is 14.3 Å². The minimum absolute atomic E-state index is 0.250. The van der Waals surface area contributed by atoms with Crippen LogP contribution in [0.4, 0.5) is 11.6 Å². The number of pyridine rings is 1. The van der Waals surface area contributed by atoms with E-state index in [2.05, 4.69) is 27.2 Å². The Morgan fingerprint density at radius 3 is 2.35 bits per heavy atom. The molecule has 5 aromatic rings. The molecule has 0 aliphatic heterocycles. The van der Waals surface area contributed by atoms with E-state index < -0.39 is 0 Å². The lowest BCUT2D eigenvalue weighted by Gasteiger charge is -2.16. The molecule has 204 valence electrons. The van der Waals surface area contributed by atoms with E-state index in [0.717, 1.165) is 23.1 Å². The van der Waals surface area contributed by atoms with Gasteiger partial charge in [0.25, 0.3) is 0 Å². The highest BCUT2D eigenvalue weighted by molar-refractivity contribution is 6.41. The van der Waals surface area contributed by atoms with Crippen molar-refractivity contribution in [3.05, 3.63) is 82.7 Å². The molecule has 40 heavy (non-hydrogen) atoms. The van der Waals surface area contributed by atoms with Crippen molar-refractivity contribution in [3.63, 3.8) is 0 Å². The molecule has 0 fully saturated rings. The van der Waals surface area contributed by atoms with Gasteiger partial charge < -0.3 is 20.1 Å². The molecule has 0 saturated carbocycles. The second-order valence-electron chi connectivity index (χ2n) is 8.88. The van der Waals surface area contributed by atoms with Crippen molar-refractivity contribution >= 4 is 57.4 Å². The molecule has 0 atom stereocenters. The summed E-state index contributed by atoms with van der Waals surface area (Å²) in [5.74, 6) is 1.09. The second kappa shape index (κ2) is 11.4. The Balaban J connectivity index is 1.60. The first-order valence-corrected chi connectivity index (χ1v) is 13.1. The topological polar surface area (TPSA) is 103 Å². The molecule has 1 amide bonds. The monoisotopic (exact) mass is 576 g/mol. The van der Waals surface area contributed by atoms with Gasteiger partial charge in [0.05, 0.1) is 30.0 Å². The molecular formula is C29H26Cl2N6O3. The van der Waals surface area contributed by atoms with E-state index in [1.165, 1.54) is 20.3 Å². The molecule has 0 aliphatic carbocycles. The van der Waals surface area contributed by atoms with Gasteiger partial charge in [0, 0.05) is 47.7 Å². The fourth-order valence-electron chi connectivity index (χ4n) is 4.44. The van der Waals surface area contributed by atoms with E-state index in [0.29, 0.717) is 62.0 Å². The number of rotatable bonds is 9. The molecule has 0 bridgehead atoms. The molecule has 2 aromatic carbocycles. The summed E-state index contributed by atoms with van der Waals surface area (Å²) in [4.78, 5) is 25.6. The van der Waals surface area contributed by atoms with Gasteiger partial charge in [0.1, 0.15) is 17.1 Å². The van der Waals surface area contributed by atoms with Crippen molar-refractivity contribution in [2.24, 2.45) is 0 Å². The minimum atomic E-state index is -0.250. The smallest absolute Gasteiger partial charge is 0.247 e. The van der Waals surface area contributed by atoms with Crippen LogP contribution < -0.4 is 20.1 Å². The lowest BCUT2D eigenvalue weighted by molar-refractivity contribution is -0.111. The van der Waals surface area contributed by atoms with E-state index in [1.54, 1.807) is 19.3 Å². The first-order valence-electron chi connectivity index (χ1n) is 12.3. The van der Waals surface area contributed by atoms with Crippen LogP contribution in [0, 0.1) is 0 Å². The summed E-state index contributed by atoms with van der Waals surface area (Å²) < 4.78 is 12.9. The van der Waals surface area contributed by atoms with Crippen LogP contribution >= 0.6 is 23.2 Å². The summed E-state index contributed by atoms with van der Waals surface area (Å²) in [6.07, 6.45) is 6.34. The van der Waals surface area contributed by atoms with Crippen LogP contribution in [-0.4, -0.2) is 46.5 Å². The highest BCUT2D eigenvalue weighted by atomic mass is 35.5. The Hall–Kier alpha value is -4.34. The fraction of sp³-hybridized carbons (Fsp3) is 0.172. The zero-order chi connectivity index (χ0) is 28.4. The van der Waals surface area contributed by atoms with Crippen LogP contribution in [0.2, 0.25) is 10.0 Å². The summed E-state index contributed by atoms with van der Waals surface area (Å²) in [7, 11) is 4.84. The molecule has 3 heterocycles. The van der Waals surface area contributed by atoms with Gasteiger partial charge in [-0.2, -0.15) is 4.98 Å². The average Bonchev–Trinajstić information content (AvgIpc) is 3.41. The number of halogens is 2. The Morgan fingerprint density at radius 1 is 1.02 bits per heavy atom. The molecule has 0 unspecified atom stereocenters. The van der Waals surface area contributed by atoms with Crippen LogP contribution in [0.1, 0.15) is 11.3 Å². The number of fused-ring (bicyclic) bond motifs is 3. The van der Waals surface area contributed by atoms with Crippen molar-refractivity contribution in [1.82, 2.24) is 19.4 Å². The Bertz CT molecular complexity index is 1720. The molecule has 11 heteroatoms. The summed E-state index contributed by atoms with van der Waals surface area (Å²) in [5.41, 5.74) is 5.20. The van der Waals surface area contributed by atoms with Gasteiger partial charge in [-0.1, -0.05) is 41.9 Å². The number of hydrogen-bond acceptors (Lipinski definition) is 7. The highest BCUT2D eigenvalue weighted by Crippen LogP contribution is 2.47. The van der Waals surface area contributed by atoms with E-state index in [9.17, 15) is 4.79 Å². The van der Waals surface area contributed by atoms with Crippen molar-refractivity contribution in [2.75, 3.05) is 31.9 Å². The maximum Gasteiger partial charge on any atom is 0.247 e. The van der Waals surface area contributed by atoms with Gasteiger partial charge in [-0.15, -0.1) is 0 Å². The largest absolute Gasteiger partial charge is 0.495 e. The molecule has 0 spiro atoms. The highest BCUT2D eigenvalue weighted by Gasteiger charge is 2.23. The quantitative estimate of drug-likeness (QED) is 0.201. The zero-order valence-electron chi connectivity index (χ0n) is 22.1. The number of nitrogens with zero attached hydrogens (tertiary/aromatic N) is 4. The van der Waals surface area contributed by atoms with Gasteiger partial charge in [0.2, 0.25) is 11.9 Å². The maximum absolute atomic E-state index is 11.6. The summed E-state index contributed by atoms with van der Waals surface area (Å²) in [5, 5.41) is 7.20. The Morgan fingerprint density at radius 2 is 1.73 bits per heavy atom. The number of ether oxygens (including phenoxy) is 2. The zero-order valence-corrected chi connectivity index (χ0v) is 23.6. The van der Waals surface area contributed by atoms with E-state index in [1.807, 2.05) is 40.9 Å². The van der Waals surface area contributed by atoms with Crippen LogP contribution in [-0.2, 0) is 17.6 Å². The van der Waals surface area contributed by atoms with Crippen molar-refractivity contribution in [1.29, 1.82) is 0 Å². The lowest BCUT2D eigenvalue weighted by atomic mass is 10.0. The predicted octanol–water partition coefficient (Wildman–Crippen LogP) is 6.22. The summed E-state index contributed by atoms with van der Waals surface area (Å²) in [6, 6.07) is 11.3. The van der Waals surface area contributed by atoms with Crippen LogP contribution in [0.3, 0.4) is 0 Å². The van der Waals surface area contributed by atoms with Crippen LogP contribution in [0.5, 0.6) is 11.5 Å². The van der Waals surface area contributed by atoms with Gasteiger partial charge in [-0.3, -0.25) is 9.20 Å². The third kappa shape index (κ3) is 5.13. The number of benzene rings is 2. The van der Waals surface area contributed by atoms with Crippen molar-refractivity contribution in [3.8, 4) is 22.6 Å². The SMILES string of the molecule is C=CC(=O)Nc1ccc(CCc2cn3c(n2)c(-c2c(Cl)c(OC)cc(OC)c2Cl)cc2cnc(NC)nc23)cc1. The predicted molar refractivity (Wildman–Crippen MR) is 159 cm³/mol. The number of nitrogens with one attached hydrogen (secondary N) is 2. The molecule has 5 rings (SSSR count). The van der Waals surface area contributed by atoms with E-state index >= 15 is 0 Å². The number of carbonyl (C=O) groups is 1. The molecule has 9 nitrogen and oxygen atoms in total. The number of hydrogen-bond donors (Lipinski definition) is 2. The van der Waals surface area contributed by atoms with Crippen molar-refractivity contribution in [2.45, 2.75) is 12.8 Å². The minimum Gasteiger partial charge on any atom is -0.495 e. The second-order valence-corrected chi connectivity index (χ2v) is 9.64. The van der Waals surface area contributed by atoms with E-state index in [-0.39, 0.29) is 5.91 Å². The molecule has 0 saturated heterocycles. The number of anilines is 2. The van der Waals surface area contributed by atoms with Gasteiger partial charge >= 0.3 is 0 Å². The molecule has 2 N–H and O–H groups in total. The van der Waals surface area contributed by atoms with Gasteiger partial charge in [0.15, 0.2) is 5.65 Å². The number of aromatic nitrogens is 4. The standard InChI is InChI=1S/C29H26Cl2N6O3/c1-5-23(38)34-18-9-6-16(7-10-18)8-11-19-15-37-27-17(14-33-29(32-2)36-27)12-20(28(37)35-19)24-25(30)21(39-3)13-22(40-4)26(24)31/h5-7,9-10,12-15H,1,8,11H2,2-4H3,(H,34,38)(H,32,33,36). The fourth-order valence-corrected chi connectivity index (χ4v) is 5.15. The number of imidazole rings is 1. The first-order chi connectivity index (χ1) is 19.4. The van der Waals surface area contributed by atoms with Gasteiger partial charge in [-0.25, -0.2) is 9.97 Å². The lowest BCUT2D eigenvalue weighted by Crippen LogP contribution is -2.07. The molecule has 0 aliphatic rings. The maximum atomic E-state index is 11.6. The summed E-state index contributed by atoms with van der Waals surface area (Å²) in [6.45, 7) is 3.48. The molecular weight excluding hydrogens is 551 g/mol. The average molecular weight is 577 g/mol. The Labute approximate surface area is 240 Å². The third-order valence-electron chi connectivity index (χ3n) is 6.46. The molecule has 3 aromatic heterocycles. The number of amides is 1. The Kier molecular flexibility index (Phi) is 7.77. The summed E-state index contributed by atoms with van der Waals surface area (Å²) >= 11 is 13.6. The van der Waals surface area contributed by atoms with E-state index in [4.69, 9.17) is 37.7 Å². The van der Waals surface area contributed by atoms with Gasteiger partial charge in [-0.05, 0) is 42.7 Å². The molecule has 0 radical (unpaired) electrons.